The molecule has 1 aromatic rings. The van der Waals surface area contributed by atoms with Crippen molar-refractivity contribution in [2.75, 3.05) is 0 Å². The SMILES string of the molecule is Cc1ccc(S(=O)(=O)NN=C2C=CC3(C=C2)CCCCCC3)cc1. The average molecular weight is 344 g/mol. The molecule has 1 saturated carbocycles. The summed E-state index contributed by atoms with van der Waals surface area (Å²) in [5.74, 6) is 0. The number of hydrazone groups is 1. The van der Waals surface area contributed by atoms with Crippen LogP contribution in [0.15, 0.2) is 58.6 Å². The predicted octanol–water partition coefficient (Wildman–Crippen LogP) is 4.10. The Kier molecular flexibility index (Phi) is 4.90. The molecule has 0 bridgehead atoms. The maximum absolute atomic E-state index is 12.3. The minimum Gasteiger partial charge on any atom is -0.200 e. The van der Waals surface area contributed by atoms with Gasteiger partial charge in [0.05, 0.1) is 10.6 Å². The van der Waals surface area contributed by atoms with Crippen molar-refractivity contribution in [2.45, 2.75) is 50.3 Å². The summed E-state index contributed by atoms with van der Waals surface area (Å²) in [7, 11) is -3.62. The molecule has 1 spiro atoms. The number of nitrogens with one attached hydrogen (secondary N) is 1. The van der Waals surface area contributed by atoms with Gasteiger partial charge in [-0.1, -0.05) is 55.5 Å². The van der Waals surface area contributed by atoms with Crippen LogP contribution in [-0.2, 0) is 10.0 Å². The van der Waals surface area contributed by atoms with Crippen LogP contribution in [0.4, 0.5) is 0 Å². The number of aryl methyl sites for hydroxylation is 1. The van der Waals surface area contributed by atoms with Crippen LogP contribution in [0.2, 0.25) is 0 Å². The first-order chi connectivity index (χ1) is 11.5. The Labute approximate surface area is 144 Å². The van der Waals surface area contributed by atoms with Gasteiger partial charge in [0.15, 0.2) is 0 Å². The molecule has 0 heterocycles. The highest BCUT2D eigenvalue weighted by Crippen LogP contribution is 2.39. The molecule has 0 atom stereocenters. The molecule has 3 rings (SSSR count). The Morgan fingerprint density at radius 1 is 0.958 bits per heavy atom. The Balaban J connectivity index is 1.70. The molecule has 4 nitrogen and oxygen atoms in total. The van der Waals surface area contributed by atoms with Crippen LogP contribution in [0.25, 0.3) is 0 Å². The lowest BCUT2D eigenvalue weighted by atomic mass is 9.77. The van der Waals surface area contributed by atoms with Gasteiger partial charge in [-0.15, -0.1) is 0 Å². The summed E-state index contributed by atoms with van der Waals surface area (Å²) >= 11 is 0. The first-order valence-electron chi connectivity index (χ1n) is 8.54. The van der Waals surface area contributed by atoms with Gasteiger partial charge >= 0.3 is 0 Å². The van der Waals surface area contributed by atoms with Crippen molar-refractivity contribution in [1.29, 1.82) is 0 Å². The van der Waals surface area contributed by atoms with E-state index in [9.17, 15) is 8.42 Å². The van der Waals surface area contributed by atoms with Crippen LogP contribution >= 0.6 is 0 Å². The number of hydrogen-bond acceptors (Lipinski definition) is 3. The fourth-order valence-electron chi connectivity index (χ4n) is 3.29. The lowest BCUT2D eigenvalue weighted by Gasteiger charge is -2.27. The molecular formula is C19H24N2O2S. The van der Waals surface area contributed by atoms with Crippen molar-refractivity contribution < 1.29 is 8.42 Å². The molecule has 1 aromatic carbocycles. The number of hydrogen-bond donors (Lipinski definition) is 1. The molecule has 0 aromatic heterocycles. The van der Waals surface area contributed by atoms with Crippen LogP contribution in [0.3, 0.4) is 0 Å². The van der Waals surface area contributed by atoms with E-state index in [0.717, 1.165) is 5.56 Å². The van der Waals surface area contributed by atoms with E-state index in [4.69, 9.17) is 0 Å². The number of sulfonamides is 1. The second-order valence-corrected chi connectivity index (χ2v) is 8.42. The van der Waals surface area contributed by atoms with Gasteiger partial charge in [0.25, 0.3) is 10.0 Å². The number of rotatable bonds is 3. The number of benzene rings is 1. The van der Waals surface area contributed by atoms with E-state index < -0.39 is 10.0 Å². The number of nitrogens with zero attached hydrogens (tertiary/aromatic N) is 1. The summed E-state index contributed by atoms with van der Waals surface area (Å²) in [6.07, 6.45) is 15.7. The highest BCUT2D eigenvalue weighted by Gasteiger charge is 2.27. The fourth-order valence-corrected chi connectivity index (χ4v) is 4.12. The molecule has 24 heavy (non-hydrogen) atoms. The molecule has 1 N–H and O–H groups in total. The van der Waals surface area contributed by atoms with Crippen molar-refractivity contribution in [2.24, 2.45) is 10.5 Å². The van der Waals surface area contributed by atoms with Crippen LogP contribution in [0.5, 0.6) is 0 Å². The highest BCUT2D eigenvalue weighted by molar-refractivity contribution is 7.89. The van der Waals surface area contributed by atoms with Gasteiger partial charge < -0.3 is 0 Å². The first kappa shape index (κ1) is 17.0. The molecule has 0 aliphatic heterocycles. The third-order valence-corrected chi connectivity index (χ3v) is 6.06. The monoisotopic (exact) mass is 344 g/mol. The molecule has 5 heteroatoms. The molecule has 2 aliphatic carbocycles. The maximum Gasteiger partial charge on any atom is 0.276 e. The molecule has 1 fully saturated rings. The standard InChI is InChI=1S/C19H24N2O2S/c1-16-6-8-18(9-7-16)24(22,23)21-20-17-10-14-19(15-11-17)12-4-2-3-5-13-19/h6-11,14-15,21H,2-5,12-13H2,1H3. The summed E-state index contributed by atoms with van der Waals surface area (Å²) in [5.41, 5.74) is 1.80. The topological polar surface area (TPSA) is 58.5 Å². The maximum atomic E-state index is 12.3. The van der Waals surface area contributed by atoms with Gasteiger partial charge in [-0.3, -0.25) is 0 Å². The minimum atomic E-state index is -3.62. The van der Waals surface area contributed by atoms with Gasteiger partial charge in [-0.25, -0.2) is 0 Å². The predicted molar refractivity (Wildman–Crippen MR) is 97.4 cm³/mol. The highest BCUT2D eigenvalue weighted by atomic mass is 32.2. The van der Waals surface area contributed by atoms with Gasteiger partial charge in [0.1, 0.15) is 0 Å². The zero-order valence-corrected chi connectivity index (χ0v) is 14.8. The summed E-state index contributed by atoms with van der Waals surface area (Å²) < 4.78 is 24.5. The quantitative estimate of drug-likeness (QED) is 0.839. The van der Waals surface area contributed by atoms with Crippen LogP contribution in [-0.4, -0.2) is 14.1 Å². The van der Waals surface area contributed by atoms with Gasteiger partial charge in [-0.05, 0) is 44.1 Å². The van der Waals surface area contributed by atoms with E-state index >= 15 is 0 Å². The molecule has 0 unspecified atom stereocenters. The van der Waals surface area contributed by atoms with Crippen molar-refractivity contribution in [3.63, 3.8) is 0 Å². The van der Waals surface area contributed by atoms with Crippen molar-refractivity contribution in [1.82, 2.24) is 4.83 Å². The smallest absolute Gasteiger partial charge is 0.200 e. The Morgan fingerprint density at radius 3 is 2.12 bits per heavy atom. The third kappa shape index (κ3) is 3.96. The molecule has 2 aliphatic rings. The normalized spacial score (nSPS) is 20.0. The first-order valence-corrected chi connectivity index (χ1v) is 10.0. The van der Waals surface area contributed by atoms with E-state index in [-0.39, 0.29) is 10.3 Å². The molecule has 0 saturated heterocycles. The third-order valence-electron chi connectivity index (χ3n) is 4.83. The second-order valence-electron chi connectivity index (χ2n) is 6.76. The van der Waals surface area contributed by atoms with Gasteiger partial charge in [0.2, 0.25) is 0 Å². The fraction of sp³-hybridized carbons (Fsp3) is 0.421. The Morgan fingerprint density at radius 2 is 1.54 bits per heavy atom. The summed E-state index contributed by atoms with van der Waals surface area (Å²) in [6.45, 7) is 1.92. The lowest BCUT2D eigenvalue weighted by Crippen LogP contribution is -2.22. The van der Waals surface area contributed by atoms with E-state index in [1.54, 1.807) is 24.3 Å². The van der Waals surface area contributed by atoms with Crippen LogP contribution in [0.1, 0.15) is 44.1 Å². The van der Waals surface area contributed by atoms with E-state index in [1.165, 1.54) is 38.5 Å². The van der Waals surface area contributed by atoms with E-state index in [0.29, 0.717) is 5.71 Å². The zero-order chi connectivity index (χ0) is 17.0. The second kappa shape index (κ2) is 6.93. The molecule has 0 amide bonds. The summed E-state index contributed by atoms with van der Waals surface area (Å²) in [4.78, 5) is 2.55. The van der Waals surface area contributed by atoms with Gasteiger partial charge in [0, 0.05) is 5.41 Å². The van der Waals surface area contributed by atoms with Crippen molar-refractivity contribution in [3.05, 3.63) is 54.1 Å². The van der Waals surface area contributed by atoms with E-state index in [1.807, 2.05) is 19.1 Å². The Bertz CT molecular complexity index is 748. The molecular weight excluding hydrogens is 320 g/mol. The van der Waals surface area contributed by atoms with Crippen molar-refractivity contribution >= 4 is 15.7 Å². The lowest BCUT2D eigenvalue weighted by molar-refractivity contribution is 0.423. The van der Waals surface area contributed by atoms with Gasteiger partial charge in [-0.2, -0.15) is 18.4 Å². The number of allylic oxidation sites excluding steroid dienone is 4. The average Bonchev–Trinajstić information content (AvgIpc) is 2.81. The Hall–Kier alpha value is -1.88. The van der Waals surface area contributed by atoms with Crippen LogP contribution in [0, 0.1) is 12.3 Å². The summed E-state index contributed by atoms with van der Waals surface area (Å²) in [5, 5.41) is 4.06. The largest absolute Gasteiger partial charge is 0.276 e. The zero-order valence-electron chi connectivity index (χ0n) is 14.0. The minimum absolute atomic E-state index is 0.144. The molecule has 0 radical (unpaired) electrons. The molecule has 128 valence electrons. The van der Waals surface area contributed by atoms with Crippen LogP contribution < -0.4 is 4.83 Å². The van der Waals surface area contributed by atoms with Crippen molar-refractivity contribution in [3.8, 4) is 0 Å². The summed E-state index contributed by atoms with van der Waals surface area (Å²) in [6, 6.07) is 6.73. The van der Waals surface area contributed by atoms with E-state index in [2.05, 4.69) is 22.1 Å².